The van der Waals surface area contributed by atoms with Gasteiger partial charge in [-0.3, -0.25) is 13.6 Å². The van der Waals surface area contributed by atoms with Gasteiger partial charge in [0, 0.05) is 4.90 Å². The fraction of sp³-hybridized carbons (Fsp3) is 0.312. The molecule has 0 amide bonds. The third kappa shape index (κ3) is 3.04. The summed E-state index contributed by atoms with van der Waals surface area (Å²) in [7, 11) is -4.39. The third-order valence-corrected chi connectivity index (χ3v) is 7.31. The molecule has 0 radical (unpaired) electrons. The molecule has 2 aliphatic heterocycles. The van der Waals surface area contributed by atoms with Crippen LogP contribution in [0.5, 0.6) is 0 Å². The summed E-state index contributed by atoms with van der Waals surface area (Å²) in [5.41, 5.74) is 6.54. The van der Waals surface area contributed by atoms with Gasteiger partial charge in [0.15, 0.2) is 22.6 Å². The quantitative estimate of drug-likeness (QED) is 0.508. The van der Waals surface area contributed by atoms with Gasteiger partial charge in [-0.2, -0.15) is 0 Å². The van der Waals surface area contributed by atoms with Crippen molar-refractivity contribution < 1.29 is 28.3 Å². The highest BCUT2D eigenvalue weighted by molar-refractivity contribution is 8.00. The number of nitrogens with zero attached hydrogens (tertiary/aromatic N) is 4. The molecule has 2 saturated heterocycles. The fourth-order valence-electron chi connectivity index (χ4n) is 3.45. The van der Waals surface area contributed by atoms with Crippen LogP contribution in [0.2, 0.25) is 0 Å². The lowest BCUT2D eigenvalue weighted by molar-refractivity contribution is -0.0768. The molecule has 4 heterocycles. The van der Waals surface area contributed by atoms with Crippen LogP contribution in [-0.2, 0) is 18.3 Å². The Labute approximate surface area is 168 Å². The van der Waals surface area contributed by atoms with Crippen molar-refractivity contribution in [3.8, 4) is 0 Å². The zero-order chi connectivity index (χ0) is 20.2. The van der Waals surface area contributed by atoms with Crippen molar-refractivity contribution in [2.24, 2.45) is 0 Å². The van der Waals surface area contributed by atoms with E-state index >= 15 is 0 Å². The van der Waals surface area contributed by atoms with Gasteiger partial charge in [-0.1, -0.05) is 30.0 Å². The molecule has 2 aliphatic rings. The van der Waals surface area contributed by atoms with Gasteiger partial charge in [0.1, 0.15) is 24.1 Å². The molecule has 4 N–H and O–H groups in total. The number of aliphatic hydroxyl groups excluding tert-OH is 1. The number of hydrogen-bond acceptors (Lipinski definition) is 10. The Kier molecular flexibility index (Phi) is 4.40. The van der Waals surface area contributed by atoms with Gasteiger partial charge >= 0.3 is 7.82 Å². The number of aliphatic hydroxyl groups is 1. The summed E-state index contributed by atoms with van der Waals surface area (Å²) in [5, 5.41) is 11.2. The number of thioether (sulfide) groups is 1. The highest BCUT2D eigenvalue weighted by Gasteiger charge is 2.64. The molecular formula is C16H16N5O6PS. The molecule has 29 heavy (non-hydrogen) atoms. The first kappa shape index (κ1) is 18.9. The maximum atomic E-state index is 12.2. The van der Waals surface area contributed by atoms with E-state index in [1.807, 2.05) is 18.2 Å². The van der Waals surface area contributed by atoms with Crippen LogP contribution in [0, 0.1) is 0 Å². The van der Waals surface area contributed by atoms with Gasteiger partial charge in [-0.25, -0.2) is 19.5 Å². The first-order valence-electron chi connectivity index (χ1n) is 8.58. The topological polar surface area (TPSA) is 155 Å². The van der Waals surface area contributed by atoms with E-state index in [0.29, 0.717) is 11.2 Å². The SMILES string of the molecule is Nc1ncnc2c1ncn2[C@@H]1O[C@@H]2COP(=O)(O)O[C@@]2(Sc2ccccc2)[C@H]1O. The second kappa shape index (κ2) is 6.74. The van der Waals surface area contributed by atoms with Crippen molar-refractivity contribution >= 4 is 36.6 Å². The molecule has 11 nitrogen and oxygen atoms in total. The number of benzene rings is 1. The first-order chi connectivity index (χ1) is 13.9. The van der Waals surface area contributed by atoms with Crippen molar-refractivity contribution in [1.82, 2.24) is 19.5 Å². The Hall–Kier alpha value is -2.05. The van der Waals surface area contributed by atoms with Crippen LogP contribution >= 0.6 is 19.6 Å². The van der Waals surface area contributed by atoms with Crippen LogP contribution in [0.25, 0.3) is 11.2 Å². The smallest absolute Gasteiger partial charge is 0.384 e. The molecular weight excluding hydrogens is 421 g/mol. The number of hydrogen-bond donors (Lipinski definition) is 3. The van der Waals surface area contributed by atoms with Crippen LogP contribution in [0.4, 0.5) is 5.82 Å². The van der Waals surface area contributed by atoms with E-state index in [0.717, 1.165) is 16.7 Å². The van der Waals surface area contributed by atoms with Gasteiger partial charge < -0.3 is 20.5 Å². The van der Waals surface area contributed by atoms with Crippen molar-refractivity contribution in [2.45, 2.75) is 28.3 Å². The van der Waals surface area contributed by atoms with Crippen molar-refractivity contribution in [3.63, 3.8) is 0 Å². The number of aromatic nitrogens is 4. The molecule has 0 bridgehead atoms. The maximum absolute atomic E-state index is 12.2. The van der Waals surface area contributed by atoms with E-state index in [1.165, 1.54) is 17.2 Å². The molecule has 2 aromatic heterocycles. The second-order valence-electron chi connectivity index (χ2n) is 6.54. The van der Waals surface area contributed by atoms with E-state index in [9.17, 15) is 14.6 Å². The zero-order valence-corrected chi connectivity index (χ0v) is 16.4. The first-order valence-corrected chi connectivity index (χ1v) is 10.9. The third-order valence-electron chi connectivity index (χ3n) is 4.76. The summed E-state index contributed by atoms with van der Waals surface area (Å²) >= 11 is 1.10. The second-order valence-corrected chi connectivity index (χ2v) is 9.23. The number of phosphoric ester groups is 1. The molecule has 13 heteroatoms. The minimum atomic E-state index is -4.39. The Bertz CT molecular complexity index is 1120. The highest BCUT2D eigenvalue weighted by atomic mass is 32.2. The minimum absolute atomic E-state index is 0.187. The Balaban J connectivity index is 1.59. The van der Waals surface area contributed by atoms with Crippen LogP contribution in [0.15, 0.2) is 47.9 Å². The van der Waals surface area contributed by atoms with Crippen LogP contribution in [0.3, 0.4) is 0 Å². The predicted molar refractivity (Wildman–Crippen MR) is 102 cm³/mol. The standard InChI is InChI=1S/C16H16N5O6PS/c17-13-11-14(19-7-18-13)21(8-20-11)15-12(22)16(29-9-4-2-1-3-5-9)10(26-15)6-25-28(23,24)27-16/h1-5,7-8,10,12,15,22H,6H2,(H,23,24)(H2,17,18,19)/t10-,12+,15-,16+/m1/s1. The summed E-state index contributed by atoms with van der Waals surface area (Å²) in [5.74, 6) is 0.187. The molecule has 0 aliphatic carbocycles. The number of imidazole rings is 1. The predicted octanol–water partition coefficient (Wildman–Crippen LogP) is 1.30. The molecule has 0 spiro atoms. The van der Waals surface area contributed by atoms with Gasteiger partial charge in [-0.15, -0.1) is 0 Å². The Morgan fingerprint density at radius 3 is 2.86 bits per heavy atom. The number of rotatable bonds is 3. The molecule has 1 unspecified atom stereocenters. The molecule has 5 atom stereocenters. The normalized spacial score (nSPS) is 34.3. The van der Waals surface area contributed by atoms with Crippen molar-refractivity contribution in [3.05, 3.63) is 43.0 Å². The van der Waals surface area contributed by atoms with E-state index in [1.54, 1.807) is 12.1 Å². The molecule has 2 fully saturated rings. The Morgan fingerprint density at radius 1 is 1.28 bits per heavy atom. The summed E-state index contributed by atoms with van der Waals surface area (Å²) in [6.45, 7) is -0.231. The van der Waals surface area contributed by atoms with Gasteiger partial charge in [0.05, 0.1) is 12.9 Å². The fourth-order valence-corrected chi connectivity index (χ4v) is 6.00. The lowest BCUT2D eigenvalue weighted by Crippen LogP contribution is -2.50. The minimum Gasteiger partial charge on any atom is -0.384 e. The number of nitrogen functional groups attached to an aromatic ring is 1. The number of ether oxygens (including phenoxy) is 1. The lowest BCUT2D eigenvalue weighted by Gasteiger charge is -2.39. The van der Waals surface area contributed by atoms with Crippen LogP contribution < -0.4 is 5.73 Å². The molecule has 152 valence electrons. The van der Waals surface area contributed by atoms with E-state index in [2.05, 4.69) is 15.0 Å². The number of nitrogens with two attached hydrogens (primary N) is 1. The largest absolute Gasteiger partial charge is 0.473 e. The lowest BCUT2D eigenvalue weighted by atomic mass is 10.1. The number of fused-ring (bicyclic) bond motifs is 2. The molecule has 5 rings (SSSR count). The average molecular weight is 437 g/mol. The zero-order valence-electron chi connectivity index (χ0n) is 14.7. The number of phosphoric acid groups is 1. The summed E-state index contributed by atoms with van der Waals surface area (Å²) in [6.07, 6.45) is -0.493. The molecule has 0 saturated carbocycles. The Morgan fingerprint density at radius 2 is 2.07 bits per heavy atom. The average Bonchev–Trinajstić information content (AvgIpc) is 3.23. The van der Waals surface area contributed by atoms with E-state index < -0.39 is 31.2 Å². The highest BCUT2D eigenvalue weighted by Crippen LogP contribution is 2.62. The van der Waals surface area contributed by atoms with Crippen LogP contribution in [-0.4, -0.2) is 53.3 Å². The monoisotopic (exact) mass is 437 g/mol. The van der Waals surface area contributed by atoms with Gasteiger partial charge in [-0.05, 0) is 12.1 Å². The van der Waals surface area contributed by atoms with Gasteiger partial charge in [0.2, 0.25) is 0 Å². The van der Waals surface area contributed by atoms with Crippen molar-refractivity contribution in [2.75, 3.05) is 12.3 Å². The summed E-state index contributed by atoms with van der Waals surface area (Å²) < 4.78 is 30.1. The van der Waals surface area contributed by atoms with Crippen molar-refractivity contribution in [1.29, 1.82) is 0 Å². The molecule has 3 aromatic rings. The summed E-state index contributed by atoms with van der Waals surface area (Å²) in [4.78, 5) is 21.4. The number of anilines is 1. The summed E-state index contributed by atoms with van der Waals surface area (Å²) in [6, 6.07) is 9.08. The molecule has 1 aromatic carbocycles. The van der Waals surface area contributed by atoms with E-state index in [4.69, 9.17) is 19.5 Å². The van der Waals surface area contributed by atoms with Gasteiger partial charge in [0.25, 0.3) is 0 Å². The maximum Gasteiger partial charge on any atom is 0.473 e. The van der Waals surface area contributed by atoms with E-state index in [-0.39, 0.29) is 12.4 Å². The van der Waals surface area contributed by atoms with Crippen LogP contribution in [0.1, 0.15) is 6.23 Å².